The van der Waals surface area contributed by atoms with E-state index in [-0.39, 0.29) is 0 Å². The molecule has 1 heterocycles. The van der Waals surface area contributed by atoms with Crippen molar-refractivity contribution in [3.63, 3.8) is 0 Å². The standard InChI is InChI=1S/C16H25NO/c1-3-5-6-7-13(4-2)15-12-16(15)17-14-8-10-18-11-9-14/h3-7,14-17H,8-12H2,1-2H3/b5-3+,7-6-,13-4+. The molecule has 0 aromatic rings. The van der Waals surface area contributed by atoms with E-state index in [1.165, 1.54) is 24.8 Å². The molecule has 100 valence electrons. The summed E-state index contributed by atoms with van der Waals surface area (Å²) in [7, 11) is 0. The van der Waals surface area contributed by atoms with Crippen molar-refractivity contribution in [2.45, 2.75) is 45.2 Å². The van der Waals surface area contributed by atoms with Gasteiger partial charge in [0.2, 0.25) is 0 Å². The number of ether oxygens (including phenoxy) is 1. The molecule has 2 rings (SSSR count). The SMILES string of the molecule is C/C=C/C=C\C(=C/C)C1CC1NC1CCOCC1. The van der Waals surface area contributed by atoms with Gasteiger partial charge in [0.25, 0.3) is 0 Å². The van der Waals surface area contributed by atoms with Gasteiger partial charge >= 0.3 is 0 Å². The lowest BCUT2D eigenvalue weighted by molar-refractivity contribution is 0.0773. The summed E-state index contributed by atoms with van der Waals surface area (Å²) in [5.41, 5.74) is 1.47. The fraction of sp³-hybridized carbons (Fsp3) is 0.625. The van der Waals surface area contributed by atoms with Crippen molar-refractivity contribution in [2.24, 2.45) is 5.92 Å². The smallest absolute Gasteiger partial charge is 0.0480 e. The van der Waals surface area contributed by atoms with Crippen LogP contribution in [0.1, 0.15) is 33.1 Å². The largest absolute Gasteiger partial charge is 0.381 e. The number of hydrogen-bond acceptors (Lipinski definition) is 2. The van der Waals surface area contributed by atoms with E-state index in [4.69, 9.17) is 4.74 Å². The van der Waals surface area contributed by atoms with Crippen molar-refractivity contribution in [1.29, 1.82) is 0 Å². The second-order valence-electron chi connectivity index (χ2n) is 5.18. The van der Waals surface area contributed by atoms with Crippen LogP contribution in [-0.4, -0.2) is 25.3 Å². The fourth-order valence-electron chi connectivity index (χ4n) is 2.63. The summed E-state index contributed by atoms with van der Waals surface area (Å²) in [5, 5.41) is 3.78. The lowest BCUT2D eigenvalue weighted by Crippen LogP contribution is -2.36. The summed E-state index contributed by atoms with van der Waals surface area (Å²) in [6.07, 6.45) is 14.4. The van der Waals surface area contributed by atoms with E-state index in [1.54, 1.807) is 0 Å². The molecule has 2 nitrogen and oxygen atoms in total. The van der Waals surface area contributed by atoms with E-state index in [1.807, 2.05) is 6.92 Å². The normalized spacial score (nSPS) is 30.4. The minimum atomic E-state index is 0.673. The van der Waals surface area contributed by atoms with Gasteiger partial charge in [0, 0.05) is 31.2 Å². The Hall–Kier alpha value is -0.860. The monoisotopic (exact) mass is 247 g/mol. The van der Waals surface area contributed by atoms with E-state index in [0.29, 0.717) is 12.1 Å². The van der Waals surface area contributed by atoms with Gasteiger partial charge in [-0.25, -0.2) is 0 Å². The fourth-order valence-corrected chi connectivity index (χ4v) is 2.63. The summed E-state index contributed by atoms with van der Waals surface area (Å²) in [6, 6.07) is 1.36. The molecule has 0 spiro atoms. The summed E-state index contributed by atoms with van der Waals surface area (Å²) in [5.74, 6) is 0.722. The molecule has 2 fully saturated rings. The molecule has 2 heteroatoms. The maximum Gasteiger partial charge on any atom is 0.0480 e. The van der Waals surface area contributed by atoms with Crippen molar-refractivity contribution in [3.05, 3.63) is 36.0 Å². The van der Waals surface area contributed by atoms with Crippen LogP contribution >= 0.6 is 0 Å². The highest BCUT2D eigenvalue weighted by atomic mass is 16.5. The summed E-state index contributed by atoms with van der Waals surface area (Å²) < 4.78 is 5.39. The molecule has 1 N–H and O–H groups in total. The third-order valence-electron chi connectivity index (χ3n) is 3.82. The van der Waals surface area contributed by atoms with Gasteiger partial charge in [0.1, 0.15) is 0 Å². The minimum Gasteiger partial charge on any atom is -0.381 e. The van der Waals surface area contributed by atoms with E-state index in [2.05, 4.69) is 42.6 Å². The van der Waals surface area contributed by atoms with Crippen molar-refractivity contribution < 1.29 is 4.74 Å². The first-order chi connectivity index (χ1) is 8.85. The van der Waals surface area contributed by atoms with E-state index >= 15 is 0 Å². The molecule has 1 aliphatic heterocycles. The van der Waals surface area contributed by atoms with Gasteiger partial charge in [-0.05, 0) is 38.7 Å². The topological polar surface area (TPSA) is 21.3 Å². The van der Waals surface area contributed by atoms with E-state index < -0.39 is 0 Å². The zero-order valence-electron chi connectivity index (χ0n) is 11.6. The van der Waals surface area contributed by atoms with Gasteiger partial charge in [0.15, 0.2) is 0 Å². The molecule has 1 saturated carbocycles. The van der Waals surface area contributed by atoms with Gasteiger partial charge in [0.05, 0.1) is 0 Å². The van der Waals surface area contributed by atoms with Crippen LogP contribution < -0.4 is 5.32 Å². The van der Waals surface area contributed by atoms with Crippen molar-refractivity contribution in [2.75, 3.05) is 13.2 Å². The predicted molar refractivity (Wildman–Crippen MR) is 76.6 cm³/mol. The molecule has 1 aliphatic carbocycles. The minimum absolute atomic E-state index is 0.673. The van der Waals surface area contributed by atoms with Gasteiger partial charge in [-0.2, -0.15) is 0 Å². The third-order valence-corrected chi connectivity index (χ3v) is 3.82. The Balaban J connectivity index is 1.78. The average Bonchev–Trinajstić information content (AvgIpc) is 3.15. The van der Waals surface area contributed by atoms with Crippen LogP contribution in [0.15, 0.2) is 36.0 Å². The Morgan fingerprint density at radius 2 is 1.94 bits per heavy atom. The predicted octanol–water partition coefficient (Wildman–Crippen LogP) is 3.22. The molecule has 1 saturated heterocycles. The van der Waals surface area contributed by atoms with E-state index in [9.17, 15) is 0 Å². The van der Waals surface area contributed by atoms with Crippen molar-refractivity contribution in [3.8, 4) is 0 Å². The molecular weight excluding hydrogens is 222 g/mol. The maximum absolute atomic E-state index is 5.39. The molecular formula is C16H25NO. The lowest BCUT2D eigenvalue weighted by Gasteiger charge is -2.23. The Morgan fingerprint density at radius 1 is 1.17 bits per heavy atom. The first-order valence-corrected chi connectivity index (χ1v) is 7.14. The Morgan fingerprint density at radius 3 is 2.61 bits per heavy atom. The van der Waals surface area contributed by atoms with Gasteiger partial charge in [-0.1, -0.05) is 30.4 Å². The molecule has 2 unspecified atom stereocenters. The average molecular weight is 247 g/mol. The van der Waals surface area contributed by atoms with Crippen LogP contribution in [0.25, 0.3) is 0 Å². The number of rotatable bonds is 5. The Kier molecular flexibility index (Phi) is 5.21. The Bertz CT molecular complexity index is 337. The van der Waals surface area contributed by atoms with Crippen LogP contribution in [0, 0.1) is 5.92 Å². The first kappa shape index (κ1) is 13.6. The zero-order chi connectivity index (χ0) is 12.8. The van der Waals surface area contributed by atoms with E-state index in [0.717, 1.165) is 19.1 Å². The quantitative estimate of drug-likeness (QED) is 0.753. The van der Waals surface area contributed by atoms with Crippen molar-refractivity contribution in [1.82, 2.24) is 5.32 Å². The maximum atomic E-state index is 5.39. The lowest BCUT2D eigenvalue weighted by atomic mass is 10.1. The third kappa shape index (κ3) is 3.82. The number of hydrogen-bond donors (Lipinski definition) is 1. The van der Waals surface area contributed by atoms with Gasteiger partial charge < -0.3 is 10.1 Å². The number of nitrogens with one attached hydrogen (secondary N) is 1. The van der Waals surface area contributed by atoms with Crippen LogP contribution in [0.2, 0.25) is 0 Å². The molecule has 2 atom stereocenters. The Labute approximate surface area is 111 Å². The molecule has 18 heavy (non-hydrogen) atoms. The molecule has 0 aromatic carbocycles. The summed E-state index contributed by atoms with van der Waals surface area (Å²) in [6.45, 7) is 6.03. The number of allylic oxidation sites excluding steroid dienone is 5. The highest BCUT2D eigenvalue weighted by Gasteiger charge is 2.39. The second kappa shape index (κ2) is 6.91. The highest BCUT2D eigenvalue weighted by molar-refractivity contribution is 5.30. The molecule has 0 aromatic heterocycles. The molecule has 0 bridgehead atoms. The van der Waals surface area contributed by atoms with Crippen LogP contribution in [0.3, 0.4) is 0 Å². The summed E-state index contributed by atoms with van der Waals surface area (Å²) in [4.78, 5) is 0. The van der Waals surface area contributed by atoms with Gasteiger partial charge in [-0.3, -0.25) is 0 Å². The van der Waals surface area contributed by atoms with Crippen molar-refractivity contribution >= 4 is 0 Å². The zero-order valence-corrected chi connectivity index (χ0v) is 11.6. The summed E-state index contributed by atoms with van der Waals surface area (Å²) >= 11 is 0. The molecule has 2 aliphatic rings. The van der Waals surface area contributed by atoms with Crippen LogP contribution in [0.5, 0.6) is 0 Å². The van der Waals surface area contributed by atoms with Crippen LogP contribution in [-0.2, 0) is 4.74 Å². The van der Waals surface area contributed by atoms with Gasteiger partial charge in [-0.15, -0.1) is 0 Å². The van der Waals surface area contributed by atoms with Crippen LogP contribution in [0.4, 0.5) is 0 Å². The first-order valence-electron chi connectivity index (χ1n) is 7.14. The molecule has 0 radical (unpaired) electrons. The second-order valence-corrected chi connectivity index (χ2v) is 5.18. The molecule has 0 amide bonds. The highest BCUT2D eigenvalue weighted by Crippen LogP contribution is 2.38.